The SMILES string of the molecule is C=Cc1c(C)c2cc3[nH]c(cc4nc(cc5nc(cc1[nH]2)C(C)=C5CCC(=O)NC(CCCC)C(=O)O)C(CCC(=O)NC(CCCC)C(=O)O)=C4C)c(C)c3C=C. The van der Waals surface area contributed by atoms with E-state index in [2.05, 4.69) is 39.8 Å². The van der Waals surface area contributed by atoms with Crippen molar-refractivity contribution in [2.24, 2.45) is 0 Å². The molecule has 5 heterocycles. The molecule has 0 aromatic carbocycles. The summed E-state index contributed by atoms with van der Waals surface area (Å²) in [7, 11) is 0. The molecule has 6 N–H and O–H groups in total. The maximum Gasteiger partial charge on any atom is 0.326 e. The molecule has 0 saturated heterocycles. The molecule has 2 amide bonds. The molecule has 3 aromatic rings. The minimum Gasteiger partial charge on any atom is -0.480 e. The number of hydrogen-bond acceptors (Lipinski definition) is 6. The van der Waals surface area contributed by atoms with E-state index in [0.29, 0.717) is 61.3 Å². The fourth-order valence-electron chi connectivity index (χ4n) is 7.64. The normalized spacial score (nSPS) is 13.6. The van der Waals surface area contributed by atoms with Crippen LogP contribution in [0, 0.1) is 13.8 Å². The number of aryl methyl sites for hydroxylation is 2. The van der Waals surface area contributed by atoms with E-state index in [9.17, 15) is 29.4 Å². The monoisotopic (exact) mass is 788 g/mol. The quantitative estimate of drug-likeness (QED) is 0.0735. The maximum atomic E-state index is 13.2. The summed E-state index contributed by atoms with van der Waals surface area (Å²) in [5.41, 5.74) is 13.2. The average Bonchev–Trinajstić information content (AvgIpc) is 3.85. The third-order valence-corrected chi connectivity index (χ3v) is 11.2. The first-order valence-corrected chi connectivity index (χ1v) is 20.2. The number of aromatic amines is 2. The Kier molecular flexibility index (Phi) is 14.1. The van der Waals surface area contributed by atoms with E-state index in [-0.39, 0.29) is 24.7 Å². The van der Waals surface area contributed by atoms with Crippen molar-refractivity contribution in [3.8, 4) is 0 Å². The van der Waals surface area contributed by atoms with Crippen LogP contribution in [0.3, 0.4) is 0 Å². The van der Waals surface area contributed by atoms with Crippen molar-refractivity contribution in [2.75, 3.05) is 0 Å². The summed E-state index contributed by atoms with van der Waals surface area (Å²) in [4.78, 5) is 67.6. The van der Waals surface area contributed by atoms with E-state index < -0.39 is 24.0 Å². The van der Waals surface area contributed by atoms with E-state index in [1.807, 2.05) is 71.9 Å². The summed E-state index contributed by atoms with van der Waals surface area (Å²) in [6.07, 6.45) is 8.01. The molecule has 12 heteroatoms. The molecule has 3 aromatic heterocycles. The van der Waals surface area contributed by atoms with Gasteiger partial charge in [0.05, 0.1) is 22.8 Å². The van der Waals surface area contributed by atoms with Crippen molar-refractivity contribution in [1.82, 2.24) is 30.6 Å². The van der Waals surface area contributed by atoms with Crippen LogP contribution in [-0.2, 0) is 19.2 Å². The van der Waals surface area contributed by atoms with Crippen LogP contribution in [0.5, 0.6) is 0 Å². The number of hydrogen-bond donors (Lipinski definition) is 6. The number of carboxylic acids is 2. The molecule has 2 atom stereocenters. The summed E-state index contributed by atoms with van der Waals surface area (Å²) in [5.74, 6) is -2.85. The van der Waals surface area contributed by atoms with Gasteiger partial charge in [-0.15, -0.1) is 0 Å². The van der Waals surface area contributed by atoms with Crippen molar-refractivity contribution in [3.63, 3.8) is 0 Å². The van der Waals surface area contributed by atoms with Crippen LogP contribution in [0.15, 0.2) is 37.4 Å². The number of H-pyrrole nitrogens is 2. The van der Waals surface area contributed by atoms with E-state index in [1.54, 1.807) is 0 Å². The molecule has 0 spiro atoms. The van der Waals surface area contributed by atoms with Gasteiger partial charge in [-0.05, 0) is 111 Å². The highest BCUT2D eigenvalue weighted by atomic mass is 16.4. The minimum atomic E-state index is -1.06. The van der Waals surface area contributed by atoms with E-state index in [4.69, 9.17) is 9.97 Å². The number of unbranched alkanes of at least 4 members (excludes halogenated alkanes) is 2. The predicted octanol–water partition coefficient (Wildman–Crippen LogP) is 9.16. The summed E-state index contributed by atoms with van der Waals surface area (Å²) in [6, 6.07) is 5.97. The zero-order valence-electron chi connectivity index (χ0n) is 34.5. The van der Waals surface area contributed by atoms with Crippen molar-refractivity contribution in [1.29, 1.82) is 0 Å². The van der Waals surface area contributed by atoms with Gasteiger partial charge in [0.1, 0.15) is 12.1 Å². The molecule has 306 valence electrons. The molecule has 0 saturated carbocycles. The molecule has 2 aliphatic rings. The first kappa shape index (κ1) is 43.1. The molecule has 5 rings (SSSR count). The number of allylic oxidation sites excluding steroid dienone is 4. The van der Waals surface area contributed by atoms with Crippen molar-refractivity contribution in [3.05, 3.63) is 82.5 Å². The second-order valence-corrected chi connectivity index (χ2v) is 15.1. The molecule has 0 radical (unpaired) electrons. The van der Waals surface area contributed by atoms with Gasteiger partial charge < -0.3 is 30.8 Å². The number of carbonyl (C=O) groups is 4. The van der Waals surface area contributed by atoms with Gasteiger partial charge in [0, 0.05) is 46.0 Å². The molecule has 0 fully saturated rings. The van der Waals surface area contributed by atoms with Crippen LogP contribution < -0.4 is 10.6 Å². The van der Waals surface area contributed by atoms with Gasteiger partial charge in [-0.1, -0.05) is 64.8 Å². The molecule has 58 heavy (non-hydrogen) atoms. The van der Waals surface area contributed by atoms with Crippen molar-refractivity contribution < 1.29 is 29.4 Å². The first-order valence-electron chi connectivity index (χ1n) is 20.2. The van der Waals surface area contributed by atoms with Crippen LogP contribution in [0.1, 0.15) is 137 Å². The van der Waals surface area contributed by atoms with Crippen molar-refractivity contribution >= 4 is 80.3 Å². The Hall–Kier alpha value is -6.04. The third kappa shape index (κ3) is 9.55. The highest BCUT2D eigenvalue weighted by Crippen LogP contribution is 2.38. The Labute approximate surface area is 339 Å². The second-order valence-electron chi connectivity index (χ2n) is 15.1. The van der Waals surface area contributed by atoms with Gasteiger partial charge in [0.2, 0.25) is 11.8 Å². The van der Waals surface area contributed by atoms with Gasteiger partial charge in [0.25, 0.3) is 0 Å². The Morgan fingerprint density at radius 3 is 1.43 bits per heavy atom. The van der Waals surface area contributed by atoms with Gasteiger partial charge in [-0.3, -0.25) is 9.59 Å². The summed E-state index contributed by atoms with van der Waals surface area (Å²) >= 11 is 0. The predicted molar refractivity (Wildman–Crippen MR) is 232 cm³/mol. The zero-order chi connectivity index (χ0) is 42.3. The van der Waals surface area contributed by atoms with Crippen LogP contribution in [0.4, 0.5) is 0 Å². The maximum absolute atomic E-state index is 13.2. The summed E-state index contributed by atoms with van der Waals surface area (Å²) in [5, 5.41) is 24.9. The number of aliphatic carboxylic acids is 2. The Morgan fingerprint density at radius 1 is 0.638 bits per heavy atom. The van der Waals surface area contributed by atoms with Crippen LogP contribution >= 0.6 is 0 Å². The van der Waals surface area contributed by atoms with Crippen molar-refractivity contribution in [2.45, 2.75) is 118 Å². The molecule has 0 aliphatic carbocycles. The fourth-order valence-corrected chi connectivity index (χ4v) is 7.64. The lowest BCUT2D eigenvalue weighted by Crippen LogP contribution is -2.40. The van der Waals surface area contributed by atoms with E-state index in [0.717, 1.165) is 79.5 Å². The standard InChI is InChI=1S/C46H56N6O6/c1-9-13-15-33(45(55)56)51-43(53)19-17-31-27(7)36-21-35-25(5)29(11-3)39(47-35)22-37-26(6)30(12-4)40(48-37)23-38-28(8)32(42(50-38)24-41(31)49-36)18-20-44(54)52-34(46(57)58)16-14-10-2/h11-12,21-24,33-34,47-48H,3-4,9-10,13-20H2,1-2,5-8H3,(H,51,53)(H,52,54)(H,55,56)(H,57,58). The molecule has 2 unspecified atom stereocenters. The van der Waals surface area contributed by atoms with Gasteiger partial charge >= 0.3 is 11.9 Å². The average molecular weight is 789 g/mol. The number of nitrogens with one attached hydrogen (secondary N) is 4. The minimum absolute atomic E-state index is 0.0451. The van der Waals surface area contributed by atoms with E-state index >= 15 is 0 Å². The molecular formula is C46H56N6O6. The lowest BCUT2D eigenvalue weighted by molar-refractivity contribution is -0.142. The van der Waals surface area contributed by atoms with Crippen LogP contribution in [-0.4, -0.2) is 66.0 Å². The highest BCUT2D eigenvalue weighted by Gasteiger charge is 2.25. The van der Waals surface area contributed by atoms with Gasteiger partial charge in [0.15, 0.2) is 0 Å². The highest BCUT2D eigenvalue weighted by molar-refractivity contribution is 5.98. The number of rotatable bonds is 18. The van der Waals surface area contributed by atoms with Gasteiger partial charge in [-0.25, -0.2) is 19.6 Å². The Balaban J connectivity index is 1.68. The number of fused-ring (bicyclic) bond motifs is 8. The lowest BCUT2D eigenvalue weighted by atomic mass is 9.98. The Bertz CT molecular complexity index is 2380. The fraction of sp³-hybridized carbons (Fsp3) is 0.391. The van der Waals surface area contributed by atoms with Crippen LogP contribution in [0.2, 0.25) is 0 Å². The first-order chi connectivity index (χ1) is 27.7. The number of carbonyl (C=O) groups excluding carboxylic acids is 2. The largest absolute Gasteiger partial charge is 0.480 e. The smallest absolute Gasteiger partial charge is 0.326 e. The summed E-state index contributed by atoms with van der Waals surface area (Å²) in [6.45, 7) is 20.1. The number of carboxylic acid groups (broad SMARTS) is 2. The van der Waals surface area contributed by atoms with Crippen LogP contribution in [0.25, 0.3) is 56.5 Å². The lowest BCUT2D eigenvalue weighted by Gasteiger charge is -2.14. The molecule has 12 nitrogen and oxygen atoms in total. The molecule has 2 aliphatic heterocycles. The van der Waals surface area contributed by atoms with E-state index in [1.165, 1.54) is 0 Å². The second kappa shape index (κ2) is 18.9. The number of nitrogens with zero attached hydrogens (tertiary/aromatic N) is 2. The topological polar surface area (TPSA) is 190 Å². The summed E-state index contributed by atoms with van der Waals surface area (Å²) < 4.78 is 0. The Morgan fingerprint density at radius 2 is 1.03 bits per heavy atom. The molecule has 8 bridgehead atoms. The third-order valence-electron chi connectivity index (χ3n) is 11.2. The number of amides is 2. The number of aromatic nitrogens is 4. The zero-order valence-corrected chi connectivity index (χ0v) is 34.5. The molecular weight excluding hydrogens is 733 g/mol. The van der Waals surface area contributed by atoms with Gasteiger partial charge in [-0.2, -0.15) is 0 Å².